The second-order valence-corrected chi connectivity index (χ2v) is 13.5. The average Bonchev–Trinajstić information content (AvgIpc) is 3.07. The second kappa shape index (κ2) is 14.8. The molecule has 2 heterocycles. The molecule has 0 bridgehead atoms. The Bertz CT molecular complexity index is 1660. The lowest BCUT2D eigenvalue weighted by Crippen LogP contribution is -2.71. The van der Waals surface area contributed by atoms with Crippen LogP contribution in [0.1, 0.15) is 63.0 Å². The molecule has 3 aromatic carbocycles. The Hall–Kier alpha value is -5.03. The van der Waals surface area contributed by atoms with Crippen molar-refractivity contribution in [2.45, 2.75) is 63.3 Å². The van der Waals surface area contributed by atoms with Gasteiger partial charge in [-0.15, -0.1) is 11.8 Å². The first-order valence-corrected chi connectivity index (χ1v) is 16.8. The van der Waals surface area contributed by atoms with Gasteiger partial charge >= 0.3 is 12.1 Å². The van der Waals surface area contributed by atoms with Crippen LogP contribution in [-0.2, 0) is 23.9 Å². The van der Waals surface area contributed by atoms with Gasteiger partial charge < -0.3 is 25.2 Å². The minimum Gasteiger partial charge on any atom is -0.508 e. The van der Waals surface area contributed by atoms with E-state index in [-0.39, 0.29) is 11.4 Å². The highest BCUT2D eigenvalue weighted by Gasteiger charge is 2.55. The summed E-state index contributed by atoms with van der Waals surface area (Å²) >= 11 is 1.42. The number of nitrogens with zero attached hydrogens (tertiary/aromatic N) is 1. The number of ether oxygens (including phenoxy) is 2. The number of thioether (sulfide) groups is 1. The highest BCUT2D eigenvalue weighted by molar-refractivity contribution is 8.00. The van der Waals surface area contributed by atoms with E-state index in [1.54, 1.807) is 20.8 Å². The molecule has 1 unspecified atom stereocenters. The number of aromatic hydroxyl groups is 1. The van der Waals surface area contributed by atoms with E-state index in [4.69, 9.17) is 9.47 Å². The highest BCUT2D eigenvalue weighted by atomic mass is 32.2. The summed E-state index contributed by atoms with van der Waals surface area (Å²) in [5.41, 5.74) is 1.91. The molecule has 1 saturated heterocycles. The number of rotatable bonds is 10. The zero-order chi connectivity index (χ0) is 34.4. The Balaban J connectivity index is 1.39. The molecular weight excluding hydrogens is 630 g/mol. The highest BCUT2D eigenvalue weighted by Crippen LogP contribution is 2.42. The maximum absolute atomic E-state index is 14.1. The fourth-order valence-electron chi connectivity index (χ4n) is 5.40. The number of allylic oxidation sites excluding steroid dienone is 2. The van der Waals surface area contributed by atoms with Crippen LogP contribution in [-0.4, -0.2) is 56.7 Å². The van der Waals surface area contributed by atoms with Crippen molar-refractivity contribution in [1.29, 1.82) is 0 Å². The van der Waals surface area contributed by atoms with Crippen molar-refractivity contribution in [1.82, 2.24) is 15.5 Å². The molecule has 2 aliphatic heterocycles. The van der Waals surface area contributed by atoms with Gasteiger partial charge in [-0.05, 0) is 61.6 Å². The Morgan fingerprint density at radius 3 is 2.12 bits per heavy atom. The van der Waals surface area contributed by atoms with Gasteiger partial charge in [0.1, 0.15) is 34.5 Å². The van der Waals surface area contributed by atoms with Crippen LogP contribution in [0.2, 0.25) is 0 Å². The summed E-state index contributed by atoms with van der Waals surface area (Å²) < 4.78 is 11.5. The number of benzene rings is 3. The first kappa shape index (κ1) is 34.3. The SMILES string of the molecule is CC/C=C\C1=C(C(=O)OC(c2ccccc2)c2ccccc2)N2C(=O)[C@@H](NC(=O)C(NC(=O)OC(C)(C)C)c3ccc(O)cc3)[C@H]2SC1. The Morgan fingerprint density at radius 2 is 1.56 bits per heavy atom. The molecule has 11 heteroatoms. The molecule has 3 atom stereocenters. The standard InChI is InChI=1S/C37H39N3O7S/c1-5-6-13-26-22-48-34-29(38-32(42)28(23-18-20-27(41)21-19-23)39-36(45)47-37(2,3)4)33(43)40(34)30(26)35(44)46-31(24-14-9-7-10-15-24)25-16-11-8-12-17-25/h6-21,28-29,31,34,41H,5,22H2,1-4H3,(H,38,42)(H,39,45)/b13-6-/t28?,29-,34-/m1/s1. The van der Waals surface area contributed by atoms with Gasteiger partial charge in [-0.25, -0.2) is 9.59 Å². The fraction of sp³-hybridized carbons (Fsp3) is 0.297. The minimum atomic E-state index is -1.23. The van der Waals surface area contributed by atoms with Crippen LogP contribution in [0.5, 0.6) is 5.75 Å². The van der Waals surface area contributed by atoms with Gasteiger partial charge in [-0.2, -0.15) is 0 Å². The number of fused-ring (bicyclic) bond motifs is 1. The van der Waals surface area contributed by atoms with E-state index in [9.17, 15) is 24.3 Å². The molecule has 1 fully saturated rings. The average molecular weight is 670 g/mol. The van der Waals surface area contributed by atoms with Gasteiger partial charge in [-0.1, -0.05) is 91.9 Å². The molecule has 3 N–H and O–H groups in total. The molecular formula is C37H39N3O7S. The lowest BCUT2D eigenvalue weighted by molar-refractivity contribution is -0.154. The third-order valence-electron chi connectivity index (χ3n) is 7.62. The number of alkyl carbamates (subject to hydrolysis) is 1. The van der Waals surface area contributed by atoms with Crippen molar-refractivity contribution in [2.24, 2.45) is 0 Å². The number of β-lactam (4-membered cyclic amide) rings is 1. The molecule has 0 radical (unpaired) electrons. The maximum atomic E-state index is 14.1. The number of phenolic OH excluding ortho intramolecular Hbond substituents is 1. The van der Waals surface area contributed by atoms with Crippen LogP contribution in [0.15, 0.2) is 108 Å². The van der Waals surface area contributed by atoms with E-state index < -0.39 is 53.0 Å². The molecule has 0 aliphatic carbocycles. The van der Waals surface area contributed by atoms with Crippen molar-refractivity contribution in [3.63, 3.8) is 0 Å². The smallest absolute Gasteiger partial charge is 0.408 e. The molecule has 3 aromatic rings. The van der Waals surface area contributed by atoms with Crippen LogP contribution in [0, 0.1) is 0 Å². The van der Waals surface area contributed by atoms with Crippen molar-refractivity contribution < 1.29 is 33.8 Å². The van der Waals surface area contributed by atoms with Gasteiger partial charge in [-0.3, -0.25) is 14.5 Å². The first-order chi connectivity index (χ1) is 23.0. The van der Waals surface area contributed by atoms with Gasteiger partial charge in [0, 0.05) is 5.75 Å². The second-order valence-electron chi connectivity index (χ2n) is 12.4. The van der Waals surface area contributed by atoms with Crippen LogP contribution >= 0.6 is 11.8 Å². The van der Waals surface area contributed by atoms with E-state index in [0.29, 0.717) is 16.9 Å². The van der Waals surface area contributed by atoms with E-state index >= 15 is 0 Å². The lowest BCUT2D eigenvalue weighted by atomic mass is 9.99. The van der Waals surface area contributed by atoms with Gasteiger partial charge in [0.25, 0.3) is 5.91 Å². The molecule has 10 nitrogen and oxygen atoms in total. The number of phenols is 1. The van der Waals surface area contributed by atoms with E-state index in [1.165, 1.54) is 40.9 Å². The molecule has 2 aliphatic rings. The summed E-state index contributed by atoms with van der Waals surface area (Å²) in [5, 5.41) is 14.6. The number of carbonyl (C=O) groups is 4. The largest absolute Gasteiger partial charge is 0.508 e. The van der Waals surface area contributed by atoms with E-state index in [0.717, 1.165) is 17.5 Å². The summed E-state index contributed by atoms with van der Waals surface area (Å²) in [5.74, 6) is -1.39. The van der Waals surface area contributed by atoms with E-state index in [1.807, 2.05) is 79.7 Å². The summed E-state index contributed by atoms with van der Waals surface area (Å²) in [4.78, 5) is 55.6. The van der Waals surface area contributed by atoms with Crippen molar-refractivity contribution in [3.8, 4) is 5.75 Å². The van der Waals surface area contributed by atoms with Crippen LogP contribution in [0.3, 0.4) is 0 Å². The Morgan fingerprint density at radius 1 is 0.958 bits per heavy atom. The molecule has 0 aromatic heterocycles. The molecule has 0 saturated carbocycles. The predicted molar refractivity (Wildman–Crippen MR) is 183 cm³/mol. The third-order valence-corrected chi connectivity index (χ3v) is 8.93. The van der Waals surface area contributed by atoms with Crippen LogP contribution < -0.4 is 10.6 Å². The number of esters is 1. The quantitative estimate of drug-likeness (QED) is 0.179. The number of carbonyl (C=O) groups excluding carboxylic acids is 4. The van der Waals surface area contributed by atoms with Crippen molar-refractivity contribution >= 4 is 35.6 Å². The van der Waals surface area contributed by atoms with Crippen molar-refractivity contribution in [3.05, 3.63) is 125 Å². The van der Waals surface area contributed by atoms with Crippen LogP contribution in [0.4, 0.5) is 4.79 Å². The lowest BCUT2D eigenvalue weighted by Gasteiger charge is -2.49. The number of hydrogen-bond donors (Lipinski definition) is 3. The summed E-state index contributed by atoms with van der Waals surface area (Å²) in [7, 11) is 0. The van der Waals surface area contributed by atoms with Crippen molar-refractivity contribution in [2.75, 3.05) is 5.75 Å². The van der Waals surface area contributed by atoms with Crippen LogP contribution in [0.25, 0.3) is 0 Å². The Labute approximate surface area is 284 Å². The maximum Gasteiger partial charge on any atom is 0.408 e. The normalized spacial score (nSPS) is 18.2. The monoisotopic (exact) mass is 669 g/mol. The minimum absolute atomic E-state index is 0.0144. The van der Waals surface area contributed by atoms with Gasteiger partial charge in [0.2, 0.25) is 5.91 Å². The van der Waals surface area contributed by atoms with Gasteiger partial charge in [0.05, 0.1) is 0 Å². The summed E-state index contributed by atoms with van der Waals surface area (Å²) in [6, 6.07) is 22.4. The molecule has 5 rings (SSSR count). The zero-order valence-corrected chi connectivity index (χ0v) is 28.0. The molecule has 250 valence electrons. The van der Waals surface area contributed by atoms with Gasteiger partial charge in [0.15, 0.2) is 6.10 Å². The topological polar surface area (TPSA) is 134 Å². The predicted octanol–water partition coefficient (Wildman–Crippen LogP) is 5.91. The molecule has 0 spiro atoms. The Kier molecular flexibility index (Phi) is 10.6. The molecule has 48 heavy (non-hydrogen) atoms. The number of hydrogen-bond acceptors (Lipinski definition) is 8. The number of nitrogens with one attached hydrogen (secondary N) is 2. The third kappa shape index (κ3) is 7.91. The fourth-order valence-corrected chi connectivity index (χ4v) is 6.71. The molecule has 3 amide bonds. The summed E-state index contributed by atoms with van der Waals surface area (Å²) in [6.45, 7) is 7.08. The van der Waals surface area contributed by atoms with E-state index in [2.05, 4.69) is 10.6 Å². The zero-order valence-electron chi connectivity index (χ0n) is 27.2. The number of amides is 3. The first-order valence-electron chi connectivity index (χ1n) is 15.7. The summed E-state index contributed by atoms with van der Waals surface area (Å²) in [6.07, 6.45) is 2.95.